The SMILES string of the molecule is C[C@H](Oc1ccccc1F)C(=O)Nc1cc(-c2ccc(F)c(F)c2)no1. The van der Waals surface area contributed by atoms with Gasteiger partial charge in [-0.25, -0.2) is 13.2 Å². The van der Waals surface area contributed by atoms with Gasteiger partial charge in [0.1, 0.15) is 5.69 Å². The number of hydrogen-bond donors (Lipinski definition) is 1. The van der Waals surface area contributed by atoms with Crippen LogP contribution in [0.5, 0.6) is 5.75 Å². The minimum atomic E-state index is -1.03. The Morgan fingerprint density at radius 1 is 1.08 bits per heavy atom. The number of hydrogen-bond acceptors (Lipinski definition) is 4. The molecular weight excluding hydrogens is 349 g/mol. The Labute approximate surface area is 146 Å². The van der Waals surface area contributed by atoms with E-state index in [0.29, 0.717) is 0 Å². The molecule has 2 aromatic carbocycles. The molecular formula is C18H13F3N2O3. The van der Waals surface area contributed by atoms with Gasteiger partial charge in [-0.05, 0) is 37.3 Å². The summed E-state index contributed by atoms with van der Waals surface area (Å²) in [5.41, 5.74) is 0.491. The molecule has 0 fully saturated rings. The van der Waals surface area contributed by atoms with Crippen LogP contribution in [0.1, 0.15) is 6.92 Å². The lowest BCUT2D eigenvalue weighted by Crippen LogP contribution is -2.30. The van der Waals surface area contributed by atoms with Crippen molar-refractivity contribution in [2.75, 3.05) is 5.32 Å². The van der Waals surface area contributed by atoms with E-state index in [-0.39, 0.29) is 22.9 Å². The summed E-state index contributed by atoms with van der Waals surface area (Å²) in [6.07, 6.45) is -1.01. The van der Waals surface area contributed by atoms with Gasteiger partial charge in [-0.15, -0.1) is 0 Å². The molecule has 1 aromatic heterocycles. The lowest BCUT2D eigenvalue weighted by atomic mass is 10.1. The summed E-state index contributed by atoms with van der Waals surface area (Å²) in [7, 11) is 0. The molecule has 26 heavy (non-hydrogen) atoms. The fourth-order valence-electron chi connectivity index (χ4n) is 2.13. The molecule has 0 spiro atoms. The molecule has 0 aliphatic heterocycles. The van der Waals surface area contributed by atoms with Gasteiger partial charge < -0.3 is 9.26 Å². The third kappa shape index (κ3) is 3.85. The van der Waals surface area contributed by atoms with Crippen molar-refractivity contribution >= 4 is 11.8 Å². The van der Waals surface area contributed by atoms with Crippen LogP contribution < -0.4 is 10.1 Å². The first kappa shape index (κ1) is 17.5. The molecule has 3 aromatic rings. The lowest BCUT2D eigenvalue weighted by Gasteiger charge is -2.13. The van der Waals surface area contributed by atoms with Crippen LogP contribution in [0, 0.1) is 17.5 Å². The van der Waals surface area contributed by atoms with Crippen LogP contribution in [0.15, 0.2) is 53.1 Å². The monoisotopic (exact) mass is 362 g/mol. The van der Waals surface area contributed by atoms with E-state index in [9.17, 15) is 18.0 Å². The van der Waals surface area contributed by atoms with Crippen LogP contribution in [0.3, 0.4) is 0 Å². The molecule has 0 radical (unpaired) electrons. The van der Waals surface area contributed by atoms with Crippen molar-refractivity contribution in [3.63, 3.8) is 0 Å². The summed E-state index contributed by atoms with van der Waals surface area (Å²) >= 11 is 0. The number of anilines is 1. The molecule has 8 heteroatoms. The minimum Gasteiger partial charge on any atom is -0.478 e. The smallest absolute Gasteiger partial charge is 0.267 e. The first-order valence-corrected chi connectivity index (χ1v) is 7.58. The number of rotatable bonds is 5. The number of amides is 1. The molecule has 0 saturated heterocycles. The zero-order valence-corrected chi connectivity index (χ0v) is 13.5. The third-order valence-electron chi connectivity index (χ3n) is 3.48. The maximum Gasteiger partial charge on any atom is 0.267 e. The summed E-state index contributed by atoms with van der Waals surface area (Å²) in [6.45, 7) is 1.44. The van der Waals surface area contributed by atoms with E-state index >= 15 is 0 Å². The highest BCUT2D eigenvalue weighted by Gasteiger charge is 2.19. The Balaban J connectivity index is 1.67. The van der Waals surface area contributed by atoms with Gasteiger partial charge in [0, 0.05) is 11.6 Å². The van der Waals surface area contributed by atoms with Gasteiger partial charge in [0.05, 0.1) is 0 Å². The number of carbonyl (C=O) groups excluding carboxylic acids is 1. The normalized spacial score (nSPS) is 11.8. The van der Waals surface area contributed by atoms with E-state index in [1.165, 1.54) is 37.3 Å². The van der Waals surface area contributed by atoms with Crippen molar-refractivity contribution in [3.05, 3.63) is 66.0 Å². The van der Waals surface area contributed by atoms with E-state index in [4.69, 9.17) is 9.26 Å². The number of aromatic nitrogens is 1. The molecule has 0 aliphatic rings. The molecule has 0 aliphatic carbocycles. The highest BCUT2D eigenvalue weighted by Crippen LogP contribution is 2.24. The van der Waals surface area contributed by atoms with Gasteiger partial charge in [0.2, 0.25) is 5.88 Å². The average molecular weight is 362 g/mol. The van der Waals surface area contributed by atoms with Gasteiger partial charge >= 0.3 is 0 Å². The molecule has 0 bridgehead atoms. The Bertz CT molecular complexity index is 943. The Kier molecular flexibility index (Phi) is 4.92. The predicted molar refractivity (Wildman–Crippen MR) is 87.0 cm³/mol. The first-order chi connectivity index (χ1) is 12.4. The summed E-state index contributed by atoms with van der Waals surface area (Å²) in [6, 6.07) is 10.3. The van der Waals surface area contributed by atoms with Crippen molar-refractivity contribution < 1.29 is 27.2 Å². The maximum absolute atomic E-state index is 13.5. The van der Waals surface area contributed by atoms with Gasteiger partial charge in [0.25, 0.3) is 5.91 Å². The first-order valence-electron chi connectivity index (χ1n) is 7.58. The minimum absolute atomic E-state index is 0.0151. The number of nitrogens with zero attached hydrogens (tertiary/aromatic N) is 1. The highest BCUT2D eigenvalue weighted by molar-refractivity contribution is 5.93. The van der Waals surface area contributed by atoms with Crippen LogP contribution in [0.25, 0.3) is 11.3 Å². The summed E-state index contributed by atoms with van der Waals surface area (Å²) in [5.74, 6) is -3.27. The van der Waals surface area contributed by atoms with Crippen molar-refractivity contribution in [2.45, 2.75) is 13.0 Å². The van der Waals surface area contributed by atoms with Gasteiger partial charge in [0.15, 0.2) is 29.3 Å². The van der Waals surface area contributed by atoms with Crippen LogP contribution in [0.4, 0.5) is 19.1 Å². The van der Waals surface area contributed by atoms with E-state index in [0.717, 1.165) is 12.1 Å². The topological polar surface area (TPSA) is 64.4 Å². The summed E-state index contributed by atoms with van der Waals surface area (Å²) < 4.78 is 50.0. The van der Waals surface area contributed by atoms with E-state index in [1.54, 1.807) is 6.07 Å². The standard InChI is InChI=1S/C18H13F3N2O3/c1-10(25-16-5-3-2-4-13(16)20)18(24)22-17-9-15(23-26-17)11-6-7-12(19)14(21)8-11/h2-10H,1H3,(H,22,24)/t10-/m0/s1. The molecule has 1 N–H and O–H groups in total. The second-order valence-corrected chi connectivity index (χ2v) is 5.39. The van der Waals surface area contributed by atoms with Gasteiger partial charge in [-0.2, -0.15) is 0 Å². The van der Waals surface area contributed by atoms with Crippen molar-refractivity contribution in [2.24, 2.45) is 0 Å². The molecule has 1 atom stereocenters. The van der Waals surface area contributed by atoms with Crippen LogP contribution in [0.2, 0.25) is 0 Å². The molecule has 1 heterocycles. The Hall–Kier alpha value is -3.29. The number of halogens is 3. The number of nitrogens with one attached hydrogen (secondary N) is 1. The van der Waals surface area contributed by atoms with E-state index in [2.05, 4.69) is 10.5 Å². The second kappa shape index (κ2) is 7.30. The summed E-state index contributed by atoms with van der Waals surface area (Å²) in [4.78, 5) is 12.1. The lowest BCUT2D eigenvalue weighted by molar-refractivity contribution is -0.122. The third-order valence-corrected chi connectivity index (χ3v) is 3.48. The molecule has 0 unspecified atom stereocenters. The Morgan fingerprint density at radius 2 is 1.85 bits per heavy atom. The van der Waals surface area contributed by atoms with Crippen LogP contribution in [-0.2, 0) is 4.79 Å². The largest absolute Gasteiger partial charge is 0.478 e. The molecule has 0 saturated carbocycles. The second-order valence-electron chi connectivity index (χ2n) is 5.39. The molecule has 1 amide bonds. The fraction of sp³-hybridized carbons (Fsp3) is 0.111. The quantitative estimate of drug-likeness (QED) is 0.740. The van der Waals surface area contributed by atoms with E-state index in [1.807, 2.05) is 0 Å². The average Bonchev–Trinajstić information content (AvgIpc) is 3.07. The van der Waals surface area contributed by atoms with Gasteiger partial charge in [-0.1, -0.05) is 17.3 Å². The number of carbonyl (C=O) groups is 1. The van der Waals surface area contributed by atoms with Crippen molar-refractivity contribution in [1.29, 1.82) is 0 Å². The van der Waals surface area contributed by atoms with Crippen molar-refractivity contribution in [3.8, 4) is 17.0 Å². The number of benzene rings is 2. The van der Waals surface area contributed by atoms with Crippen LogP contribution in [-0.4, -0.2) is 17.2 Å². The highest BCUT2D eigenvalue weighted by atomic mass is 19.2. The Morgan fingerprint density at radius 3 is 2.58 bits per heavy atom. The zero-order valence-electron chi connectivity index (χ0n) is 13.5. The number of ether oxygens (including phenoxy) is 1. The fourth-order valence-corrected chi connectivity index (χ4v) is 2.13. The molecule has 134 valence electrons. The number of para-hydroxylation sites is 1. The predicted octanol–water partition coefficient (Wildman–Crippen LogP) is 4.16. The van der Waals surface area contributed by atoms with Crippen molar-refractivity contribution in [1.82, 2.24) is 5.16 Å². The van der Waals surface area contributed by atoms with Crippen LogP contribution >= 0.6 is 0 Å². The molecule has 5 nitrogen and oxygen atoms in total. The van der Waals surface area contributed by atoms with E-state index < -0.39 is 29.5 Å². The molecule has 3 rings (SSSR count). The zero-order chi connectivity index (χ0) is 18.7. The summed E-state index contributed by atoms with van der Waals surface area (Å²) in [5, 5.41) is 6.10. The maximum atomic E-state index is 13.5. The van der Waals surface area contributed by atoms with Gasteiger partial charge in [-0.3, -0.25) is 10.1 Å².